The lowest BCUT2D eigenvalue weighted by atomic mass is 10.1. The molecule has 0 unspecified atom stereocenters. The molecule has 0 radical (unpaired) electrons. The minimum Gasteiger partial charge on any atom is -0.353 e. The van der Waals surface area contributed by atoms with Crippen molar-refractivity contribution in [1.29, 1.82) is 0 Å². The van der Waals surface area contributed by atoms with E-state index in [1.165, 1.54) is 17.0 Å². The Bertz CT molecular complexity index is 657. The largest absolute Gasteiger partial charge is 0.541 e. The van der Waals surface area contributed by atoms with Gasteiger partial charge in [-0.3, -0.25) is 9.80 Å². The van der Waals surface area contributed by atoms with Gasteiger partial charge in [-0.05, 0) is 24.1 Å². The molecule has 1 amide bonds. The van der Waals surface area contributed by atoms with Gasteiger partial charge in [0.15, 0.2) is 0 Å². The summed E-state index contributed by atoms with van der Waals surface area (Å²) in [5, 5.41) is 0. The van der Waals surface area contributed by atoms with Crippen LogP contribution in [0.2, 0.25) is 0 Å². The van der Waals surface area contributed by atoms with E-state index in [0.29, 0.717) is 26.2 Å². The molecule has 4 saturated heterocycles. The quantitative estimate of drug-likeness (QED) is 0.790. The van der Waals surface area contributed by atoms with Crippen LogP contribution < -0.4 is 0 Å². The van der Waals surface area contributed by atoms with Gasteiger partial charge in [0.1, 0.15) is 5.82 Å². The molecular formula is C13H14FN2O5P. The Labute approximate surface area is 126 Å². The summed E-state index contributed by atoms with van der Waals surface area (Å²) in [4.78, 5) is 15.1. The summed E-state index contributed by atoms with van der Waals surface area (Å²) in [5.41, 5.74) is 1.02. The van der Waals surface area contributed by atoms with Crippen LogP contribution in [-0.2, 0) is 24.6 Å². The fourth-order valence-corrected chi connectivity index (χ4v) is 4.30. The van der Waals surface area contributed by atoms with E-state index in [-0.39, 0.29) is 5.82 Å². The number of rotatable bonds is 3. The van der Waals surface area contributed by atoms with E-state index in [0.717, 1.165) is 12.0 Å². The van der Waals surface area contributed by atoms with E-state index in [9.17, 15) is 13.8 Å². The fraction of sp³-hybridized carbons (Fsp3) is 0.462. The molecule has 22 heavy (non-hydrogen) atoms. The van der Waals surface area contributed by atoms with Gasteiger partial charge in [0.2, 0.25) is 0 Å². The topological polar surface area (TPSA) is 68.3 Å². The van der Waals surface area contributed by atoms with Crippen molar-refractivity contribution in [2.75, 3.05) is 26.2 Å². The number of hydrogen-bond acceptors (Lipinski definition) is 6. The van der Waals surface area contributed by atoms with Crippen LogP contribution in [0.1, 0.15) is 5.56 Å². The van der Waals surface area contributed by atoms with Crippen molar-refractivity contribution in [1.82, 2.24) is 9.80 Å². The Morgan fingerprint density at radius 3 is 2.68 bits per heavy atom. The highest BCUT2D eigenvalue weighted by molar-refractivity contribution is 7.50. The maximum absolute atomic E-state index is 12.9. The van der Waals surface area contributed by atoms with Crippen molar-refractivity contribution in [2.24, 2.45) is 0 Å². The van der Waals surface area contributed by atoms with Gasteiger partial charge in [-0.2, -0.15) is 0 Å². The molecular weight excluding hydrogens is 314 g/mol. The summed E-state index contributed by atoms with van der Waals surface area (Å²) in [6.45, 7) is 2.03. The number of carbonyl (C=O) groups is 1. The number of benzene rings is 1. The highest BCUT2D eigenvalue weighted by atomic mass is 31.2. The molecule has 0 aliphatic carbocycles. The Hall–Kier alpha value is -1.47. The van der Waals surface area contributed by atoms with Gasteiger partial charge in [0.05, 0.1) is 6.54 Å². The first-order valence-corrected chi connectivity index (χ1v) is 8.44. The lowest BCUT2D eigenvalue weighted by molar-refractivity contribution is -0.326. The van der Waals surface area contributed by atoms with Crippen molar-refractivity contribution >= 4 is 13.9 Å². The number of fused-ring (bicyclic) bond motifs is 1. The molecule has 4 aliphatic rings. The highest BCUT2D eigenvalue weighted by Gasteiger charge is 2.70. The average molecular weight is 328 g/mol. The molecule has 9 heteroatoms. The zero-order valence-corrected chi connectivity index (χ0v) is 12.5. The number of hydrogen-bond donors (Lipinski definition) is 0. The summed E-state index contributed by atoms with van der Waals surface area (Å²) < 4.78 is 39.7. The summed E-state index contributed by atoms with van der Waals surface area (Å²) in [6, 6.07) is 6.34. The van der Waals surface area contributed by atoms with Gasteiger partial charge >= 0.3 is 13.9 Å². The van der Waals surface area contributed by atoms with Crippen molar-refractivity contribution in [3.05, 3.63) is 35.6 Å². The maximum atomic E-state index is 12.9. The normalized spacial score (nSPS) is 33.9. The molecule has 1 aromatic carbocycles. The minimum atomic E-state index is -3.67. The van der Waals surface area contributed by atoms with Crippen LogP contribution in [0.4, 0.5) is 9.18 Å². The smallest absolute Gasteiger partial charge is 0.353 e. The zero-order chi connectivity index (χ0) is 15.4. The van der Waals surface area contributed by atoms with E-state index < -0.39 is 19.8 Å². The average Bonchev–Trinajstić information content (AvgIpc) is 2.44. The van der Waals surface area contributed by atoms with Crippen LogP contribution in [-0.4, -0.2) is 48.0 Å². The molecule has 2 bridgehead atoms. The number of nitrogens with zero attached hydrogens (tertiary/aromatic N) is 2. The second kappa shape index (κ2) is 4.76. The van der Waals surface area contributed by atoms with E-state index in [1.807, 2.05) is 0 Å². The lowest BCUT2D eigenvalue weighted by Gasteiger charge is -2.57. The van der Waals surface area contributed by atoms with Crippen LogP contribution in [0.25, 0.3) is 0 Å². The maximum Gasteiger partial charge on any atom is 0.541 e. The molecule has 7 nitrogen and oxygen atoms in total. The summed E-state index contributed by atoms with van der Waals surface area (Å²) in [7, 11) is -3.67. The minimum absolute atomic E-state index is 0.260. The molecule has 0 N–H and O–H groups in total. The lowest BCUT2D eigenvalue weighted by Crippen LogP contribution is -2.72. The number of phosphoric acid groups is 1. The Morgan fingerprint density at radius 1 is 1.23 bits per heavy atom. The Morgan fingerprint density at radius 2 is 1.95 bits per heavy atom. The van der Waals surface area contributed by atoms with E-state index >= 15 is 0 Å². The van der Waals surface area contributed by atoms with Crippen LogP contribution in [0.5, 0.6) is 0 Å². The third-order valence-electron chi connectivity index (χ3n) is 4.02. The number of halogens is 1. The van der Waals surface area contributed by atoms with Crippen LogP contribution in [0.3, 0.4) is 0 Å². The second-order valence-electron chi connectivity index (χ2n) is 5.50. The van der Waals surface area contributed by atoms with Gasteiger partial charge in [-0.25, -0.2) is 22.8 Å². The molecule has 0 aromatic heterocycles. The van der Waals surface area contributed by atoms with E-state index in [2.05, 4.69) is 9.42 Å². The first kappa shape index (κ1) is 14.1. The Balaban J connectivity index is 1.40. The third-order valence-corrected chi connectivity index (χ3v) is 5.42. The fourth-order valence-electron chi connectivity index (χ4n) is 2.91. The second-order valence-corrected chi connectivity index (χ2v) is 6.95. The third kappa shape index (κ3) is 2.23. The summed E-state index contributed by atoms with van der Waals surface area (Å²) in [6.07, 6.45) is 0.0809. The van der Waals surface area contributed by atoms with Crippen LogP contribution in [0.15, 0.2) is 24.3 Å². The molecule has 4 heterocycles. The van der Waals surface area contributed by atoms with Gasteiger partial charge in [-0.1, -0.05) is 12.1 Å². The van der Waals surface area contributed by atoms with Gasteiger partial charge in [0, 0.05) is 19.6 Å². The number of carbonyl (C=O) groups excluding carboxylic acids is 1. The van der Waals surface area contributed by atoms with Crippen LogP contribution >= 0.6 is 7.82 Å². The number of piperazine rings is 1. The standard InChI is InChI=1S/C13H14FN2O5P/c14-11-3-1-10(2-4-11)5-6-15-7-8-16-12(17)19-22(18)20-13(16,9-15)21-22/h1-4H,5-9H2. The Kier molecular flexibility index (Phi) is 3.06. The highest BCUT2D eigenvalue weighted by Crippen LogP contribution is 2.70. The molecule has 118 valence electrons. The van der Waals surface area contributed by atoms with Gasteiger partial charge < -0.3 is 4.52 Å². The number of phosphoric ester groups is 1. The van der Waals surface area contributed by atoms with Crippen molar-refractivity contribution in [3.8, 4) is 0 Å². The number of amides is 1. The van der Waals surface area contributed by atoms with Gasteiger partial charge in [0.25, 0.3) is 5.91 Å². The monoisotopic (exact) mass is 328 g/mol. The summed E-state index contributed by atoms with van der Waals surface area (Å²) >= 11 is 0. The van der Waals surface area contributed by atoms with Gasteiger partial charge in [-0.15, -0.1) is 0 Å². The first-order chi connectivity index (χ1) is 10.5. The molecule has 0 saturated carbocycles. The van der Waals surface area contributed by atoms with Crippen molar-refractivity contribution < 1.29 is 27.3 Å². The zero-order valence-electron chi connectivity index (χ0n) is 11.6. The first-order valence-electron chi connectivity index (χ1n) is 6.98. The molecule has 1 aromatic rings. The summed E-state index contributed by atoms with van der Waals surface area (Å²) in [5.74, 6) is -1.53. The van der Waals surface area contributed by atoms with Crippen molar-refractivity contribution in [2.45, 2.75) is 12.3 Å². The predicted molar refractivity (Wildman–Crippen MR) is 72.2 cm³/mol. The SMILES string of the molecule is O=C1OP2(=O)OC3(CN(CCc4ccc(F)cc4)CCN13)O2. The molecule has 4 aliphatic heterocycles. The van der Waals surface area contributed by atoms with Crippen LogP contribution in [0, 0.1) is 5.82 Å². The molecule has 0 atom stereocenters. The molecule has 1 spiro atoms. The van der Waals surface area contributed by atoms with Crippen molar-refractivity contribution in [3.63, 3.8) is 0 Å². The predicted octanol–water partition coefficient (Wildman–Crippen LogP) is 1.94. The molecule has 5 rings (SSSR count). The van der Waals surface area contributed by atoms with E-state index in [4.69, 9.17) is 9.05 Å². The van der Waals surface area contributed by atoms with E-state index in [1.54, 1.807) is 12.1 Å². The molecule has 4 fully saturated rings.